The third kappa shape index (κ3) is 6.93. The minimum absolute atomic E-state index is 0.140. The van der Waals surface area contributed by atoms with Crippen LogP contribution in [0.2, 0.25) is 0 Å². The second-order valence-corrected chi connectivity index (χ2v) is 13.3. The molecule has 1 heterocycles. The molecule has 0 bridgehead atoms. The summed E-state index contributed by atoms with van der Waals surface area (Å²) >= 11 is 0. The molecule has 2 nitrogen and oxygen atoms in total. The highest BCUT2D eigenvalue weighted by Crippen LogP contribution is 2.39. The van der Waals surface area contributed by atoms with Gasteiger partial charge in [-0.1, -0.05) is 188 Å². The first kappa shape index (κ1) is 34.1. The lowest BCUT2D eigenvalue weighted by Gasteiger charge is -2.14. The lowest BCUT2D eigenvalue weighted by Crippen LogP contribution is -1.97. The van der Waals surface area contributed by atoms with E-state index >= 15 is 0 Å². The molecule has 0 saturated heterocycles. The fraction of sp³-hybridized carbons (Fsp3) is 0.0192. The molecule has 258 valence electrons. The number of hydrogen-bond donors (Lipinski definition) is 1. The van der Waals surface area contributed by atoms with Crippen molar-refractivity contribution in [3.05, 3.63) is 223 Å². The maximum absolute atomic E-state index is 6.41. The minimum atomic E-state index is 0.140. The Labute approximate surface area is 316 Å². The van der Waals surface area contributed by atoms with Gasteiger partial charge in [0, 0.05) is 16.7 Å². The summed E-state index contributed by atoms with van der Waals surface area (Å²) in [6.07, 6.45) is 4.58. The van der Waals surface area contributed by atoms with E-state index in [1.54, 1.807) is 0 Å². The largest absolute Gasteiger partial charge is 0.456 e. The van der Waals surface area contributed by atoms with Gasteiger partial charge < -0.3 is 9.83 Å². The molecule has 0 unspecified atom stereocenters. The molecule has 0 saturated carbocycles. The predicted octanol–water partition coefficient (Wildman–Crippen LogP) is 14.4. The molecule has 0 radical (unpaired) electrons. The Bertz CT molecular complexity index is 2620. The van der Waals surface area contributed by atoms with Crippen LogP contribution in [-0.4, -0.2) is 6.72 Å². The molecular formula is C52H39NO. The standard InChI is InChI=1S/C51H36O.CH3N/c1-5-14-36(15-6-1)43-29-32-46(40-20-11-4-12-21-40)47(34-43)41-26-24-37(25-27-41)44-30-33-49-48(35-44)51-42(22-13-23-50(51)52-49)28-31-45(38-16-7-2-8-17-38)39-18-9-3-10-19-39;1-2/h1-35,45H;2H,1H2/b31-28+;. The molecule has 0 aliphatic carbocycles. The van der Waals surface area contributed by atoms with Crippen LogP contribution >= 0.6 is 0 Å². The van der Waals surface area contributed by atoms with Crippen LogP contribution < -0.4 is 0 Å². The molecule has 9 aromatic rings. The molecule has 8 aromatic carbocycles. The van der Waals surface area contributed by atoms with E-state index in [9.17, 15) is 0 Å². The molecule has 0 aliphatic rings. The van der Waals surface area contributed by atoms with Crippen LogP contribution in [0.1, 0.15) is 22.6 Å². The first-order valence-electron chi connectivity index (χ1n) is 18.2. The fourth-order valence-corrected chi connectivity index (χ4v) is 7.41. The molecule has 2 heteroatoms. The molecule has 1 N–H and O–H groups in total. The number of hydrogen-bond acceptors (Lipinski definition) is 2. The topological polar surface area (TPSA) is 37.0 Å². The second-order valence-electron chi connectivity index (χ2n) is 13.3. The third-order valence-electron chi connectivity index (χ3n) is 10.1. The lowest BCUT2D eigenvalue weighted by atomic mass is 9.90. The number of benzene rings is 8. The first-order chi connectivity index (χ1) is 26.8. The zero-order valence-electron chi connectivity index (χ0n) is 29.9. The Balaban J connectivity index is 0.00000203. The van der Waals surface area contributed by atoms with Crippen LogP contribution in [0.4, 0.5) is 0 Å². The van der Waals surface area contributed by atoms with E-state index in [2.05, 4.69) is 219 Å². The van der Waals surface area contributed by atoms with Gasteiger partial charge in [0.05, 0.1) is 0 Å². The molecule has 0 atom stereocenters. The van der Waals surface area contributed by atoms with Crippen LogP contribution in [-0.2, 0) is 0 Å². The molecule has 1 aromatic heterocycles. The Kier molecular flexibility index (Phi) is 9.90. The average molecular weight is 694 g/mol. The maximum atomic E-state index is 6.41. The molecule has 54 heavy (non-hydrogen) atoms. The van der Waals surface area contributed by atoms with E-state index in [1.807, 2.05) is 0 Å². The molecule has 0 amide bonds. The number of allylic oxidation sites excluding steroid dienone is 1. The highest BCUT2D eigenvalue weighted by Gasteiger charge is 2.15. The third-order valence-corrected chi connectivity index (χ3v) is 10.1. The van der Waals surface area contributed by atoms with Crippen molar-refractivity contribution in [3.8, 4) is 44.5 Å². The minimum Gasteiger partial charge on any atom is -0.456 e. The zero-order chi connectivity index (χ0) is 36.7. The van der Waals surface area contributed by atoms with Gasteiger partial charge in [-0.05, 0) is 92.2 Å². The van der Waals surface area contributed by atoms with Crippen LogP contribution in [0.5, 0.6) is 0 Å². The fourth-order valence-electron chi connectivity index (χ4n) is 7.41. The van der Waals surface area contributed by atoms with Crippen molar-refractivity contribution >= 4 is 34.7 Å². The number of nitrogens with one attached hydrogen (secondary N) is 1. The van der Waals surface area contributed by atoms with Crippen molar-refractivity contribution in [2.24, 2.45) is 0 Å². The Hall–Kier alpha value is -7.03. The van der Waals surface area contributed by atoms with Gasteiger partial charge in [-0.25, -0.2) is 0 Å². The Morgan fingerprint density at radius 3 is 1.56 bits per heavy atom. The second kappa shape index (κ2) is 15.7. The summed E-state index contributed by atoms with van der Waals surface area (Å²) in [6, 6.07) is 71.4. The van der Waals surface area contributed by atoms with Gasteiger partial charge in [-0.15, -0.1) is 0 Å². The van der Waals surface area contributed by atoms with Gasteiger partial charge in [-0.3, -0.25) is 0 Å². The Morgan fingerprint density at radius 2 is 0.907 bits per heavy atom. The van der Waals surface area contributed by atoms with E-state index in [4.69, 9.17) is 9.83 Å². The summed E-state index contributed by atoms with van der Waals surface area (Å²) in [5, 5.41) is 7.76. The predicted molar refractivity (Wildman–Crippen MR) is 229 cm³/mol. The van der Waals surface area contributed by atoms with E-state index in [-0.39, 0.29) is 5.92 Å². The monoisotopic (exact) mass is 693 g/mol. The highest BCUT2D eigenvalue weighted by atomic mass is 16.3. The summed E-state index contributed by atoms with van der Waals surface area (Å²) in [6.45, 7) is 2.50. The maximum Gasteiger partial charge on any atom is 0.136 e. The quantitative estimate of drug-likeness (QED) is 0.158. The summed E-state index contributed by atoms with van der Waals surface area (Å²) in [7, 11) is 0. The van der Waals surface area contributed by atoms with Crippen molar-refractivity contribution in [1.29, 1.82) is 5.41 Å². The summed E-state index contributed by atoms with van der Waals surface area (Å²) in [4.78, 5) is 0. The van der Waals surface area contributed by atoms with Crippen LogP contribution in [0.15, 0.2) is 211 Å². The number of fused-ring (bicyclic) bond motifs is 3. The van der Waals surface area contributed by atoms with Crippen LogP contribution in [0.25, 0.3) is 72.5 Å². The van der Waals surface area contributed by atoms with Crippen molar-refractivity contribution < 1.29 is 4.42 Å². The smallest absolute Gasteiger partial charge is 0.136 e. The van der Waals surface area contributed by atoms with E-state index < -0.39 is 0 Å². The SMILES string of the molecule is C(=C\C(c1ccccc1)c1ccccc1)/c1cccc2oc3ccc(-c4ccc(-c5cc(-c6ccccc6)ccc5-c5ccccc5)cc4)cc3c12.C=N. The average Bonchev–Trinajstić information content (AvgIpc) is 3.64. The van der Waals surface area contributed by atoms with Gasteiger partial charge in [-0.2, -0.15) is 0 Å². The van der Waals surface area contributed by atoms with Crippen molar-refractivity contribution in [2.45, 2.75) is 5.92 Å². The van der Waals surface area contributed by atoms with Gasteiger partial charge >= 0.3 is 0 Å². The Morgan fingerprint density at radius 1 is 0.407 bits per heavy atom. The van der Waals surface area contributed by atoms with Crippen molar-refractivity contribution in [1.82, 2.24) is 0 Å². The molecule has 9 rings (SSSR count). The lowest BCUT2D eigenvalue weighted by molar-refractivity contribution is 0.669. The molecular weight excluding hydrogens is 655 g/mol. The van der Waals surface area contributed by atoms with Gasteiger partial charge in [0.15, 0.2) is 0 Å². The molecule has 0 spiro atoms. The van der Waals surface area contributed by atoms with E-state index in [1.165, 1.54) is 50.1 Å². The van der Waals surface area contributed by atoms with Gasteiger partial charge in [0.2, 0.25) is 0 Å². The van der Waals surface area contributed by atoms with Crippen LogP contribution in [0.3, 0.4) is 0 Å². The molecule has 0 aliphatic heterocycles. The summed E-state index contributed by atoms with van der Waals surface area (Å²) in [5.74, 6) is 0.140. The summed E-state index contributed by atoms with van der Waals surface area (Å²) < 4.78 is 6.41. The van der Waals surface area contributed by atoms with Crippen molar-refractivity contribution in [2.75, 3.05) is 0 Å². The van der Waals surface area contributed by atoms with E-state index in [0.717, 1.165) is 33.1 Å². The number of furan rings is 1. The van der Waals surface area contributed by atoms with E-state index in [0.29, 0.717) is 0 Å². The van der Waals surface area contributed by atoms with Gasteiger partial charge in [0.1, 0.15) is 11.2 Å². The van der Waals surface area contributed by atoms with Crippen molar-refractivity contribution in [3.63, 3.8) is 0 Å². The molecule has 0 fully saturated rings. The van der Waals surface area contributed by atoms with Gasteiger partial charge in [0.25, 0.3) is 0 Å². The highest BCUT2D eigenvalue weighted by molar-refractivity contribution is 6.10. The first-order valence-corrected chi connectivity index (χ1v) is 18.2. The number of rotatable bonds is 8. The zero-order valence-corrected chi connectivity index (χ0v) is 29.9. The normalized spacial score (nSPS) is 11.2. The summed E-state index contributed by atoms with van der Waals surface area (Å²) in [5.41, 5.74) is 15.1. The van der Waals surface area contributed by atoms with Crippen LogP contribution in [0, 0.1) is 5.41 Å².